The smallest absolute Gasteiger partial charge is 0.241 e. The first kappa shape index (κ1) is 14.2. The summed E-state index contributed by atoms with van der Waals surface area (Å²) in [6, 6.07) is 3.39. The van der Waals surface area contributed by atoms with Crippen molar-refractivity contribution in [2.75, 3.05) is 26.6 Å². The highest BCUT2D eigenvalue weighted by Crippen LogP contribution is 2.33. The van der Waals surface area contributed by atoms with E-state index in [2.05, 4.69) is 10.6 Å². The van der Waals surface area contributed by atoms with Gasteiger partial charge in [0.25, 0.3) is 0 Å². The van der Waals surface area contributed by atoms with E-state index in [9.17, 15) is 4.79 Å². The number of anilines is 1. The number of carbonyl (C=O) groups excluding carboxylic acids is 1. The molecular weight excluding hydrogens is 232 g/mol. The van der Waals surface area contributed by atoms with Crippen LogP contribution in [-0.2, 0) is 4.79 Å². The van der Waals surface area contributed by atoms with Crippen molar-refractivity contribution in [3.63, 3.8) is 0 Å². The molecule has 0 fully saturated rings. The van der Waals surface area contributed by atoms with Gasteiger partial charge in [-0.3, -0.25) is 4.79 Å². The van der Waals surface area contributed by atoms with Crippen LogP contribution >= 0.6 is 0 Å². The number of hydrogen-bond acceptors (Lipinski definition) is 4. The Bertz CT molecular complexity index is 432. The van der Waals surface area contributed by atoms with Gasteiger partial charge in [-0.15, -0.1) is 0 Å². The summed E-state index contributed by atoms with van der Waals surface area (Å²) in [5.41, 5.74) is 1.84. The van der Waals surface area contributed by atoms with Crippen LogP contribution in [0.1, 0.15) is 12.5 Å². The van der Waals surface area contributed by atoms with E-state index < -0.39 is 0 Å². The first-order chi connectivity index (χ1) is 8.53. The van der Waals surface area contributed by atoms with Gasteiger partial charge in [0.1, 0.15) is 6.04 Å². The number of ether oxygens (including phenoxy) is 2. The number of aryl methyl sites for hydroxylation is 1. The molecule has 0 aliphatic heterocycles. The minimum atomic E-state index is -0.313. The molecule has 0 aromatic heterocycles. The average Bonchev–Trinajstić information content (AvgIpc) is 2.39. The van der Waals surface area contributed by atoms with Crippen LogP contribution < -0.4 is 20.1 Å². The monoisotopic (exact) mass is 252 g/mol. The zero-order valence-corrected chi connectivity index (χ0v) is 11.5. The molecule has 18 heavy (non-hydrogen) atoms. The Balaban J connectivity index is 2.99. The number of rotatable bonds is 5. The number of likely N-dealkylation sites (N-methyl/N-ethyl adjacent to an activating group) is 1. The van der Waals surface area contributed by atoms with Crippen molar-refractivity contribution in [2.45, 2.75) is 19.9 Å². The summed E-state index contributed by atoms with van der Waals surface area (Å²) in [5, 5.41) is 5.74. The van der Waals surface area contributed by atoms with Gasteiger partial charge in [-0.1, -0.05) is 0 Å². The molecule has 0 aliphatic rings. The Hall–Kier alpha value is -1.91. The SMILES string of the molecule is CNC(=O)[C@@H](C)Nc1cc(OC)c(OC)cc1C. The minimum Gasteiger partial charge on any atom is -0.493 e. The normalized spacial score (nSPS) is 11.6. The van der Waals surface area contributed by atoms with Crippen LogP contribution in [0, 0.1) is 6.92 Å². The van der Waals surface area contributed by atoms with Crippen LogP contribution in [0.4, 0.5) is 5.69 Å². The fraction of sp³-hybridized carbons (Fsp3) is 0.462. The summed E-state index contributed by atoms with van der Waals surface area (Å²) in [6.07, 6.45) is 0. The highest BCUT2D eigenvalue weighted by atomic mass is 16.5. The molecule has 0 spiro atoms. The lowest BCUT2D eigenvalue weighted by atomic mass is 10.1. The maximum absolute atomic E-state index is 11.5. The third-order valence-corrected chi connectivity index (χ3v) is 2.74. The molecular formula is C13H20N2O3. The zero-order chi connectivity index (χ0) is 13.7. The predicted molar refractivity (Wildman–Crippen MR) is 71.4 cm³/mol. The highest BCUT2D eigenvalue weighted by molar-refractivity contribution is 5.84. The summed E-state index contributed by atoms with van der Waals surface area (Å²) in [5.74, 6) is 1.24. The highest BCUT2D eigenvalue weighted by Gasteiger charge is 2.14. The van der Waals surface area contributed by atoms with E-state index in [4.69, 9.17) is 9.47 Å². The Morgan fingerprint density at radius 1 is 1.22 bits per heavy atom. The maximum Gasteiger partial charge on any atom is 0.241 e. The van der Waals surface area contributed by atoms with Gasteiger partial charge in [-0.05, 0) is 25.5 Å². The van der Waals surface area contributed by atoms with Crippen LogP contribution in [-0.4, -0.2) is 33.2 Å². The van der Waals surface area contributed by atoms with Crippen molar-refractivity contribution >= 4 is 11.6 Å². The summed E-state index contributed by atoms with van der Waals surface area (Å²) >= 11 is 0. The molecule has 0 saturated carbocycles. The third kappa shape index (κ3) is 3.06. The molecule has 5 nitrogen and oxygen atoms in total. The fourth-order valence-electron chi connectivity index (χ4n) is 1.65. The molecule has 100 valence electrons. The topological polar surface area (TPSA) is 59.6 Å². The van der Waals surface area contributed by atoms with E-state index in [0.717, 1.165) is 11.3 Å². The molecule has 0 heterocycles. The lowest BCUT2D eigenvalue weighted by molar-refractivity contribution is -0.121. The number of nitrogens with one attached hydrogen (secondary N) is 2. The predicted octanol–water partition coefficient (Wildman–Crippen LogP) is 1.56. The Morgan fingerprint density at radius 2 is 1.78 bits per heavy atom. The zero-order valence-electron chi connectivity index (χ0n) is 11.5. The first-order valence-electron chi connectivity index (χ1n) is 5.74. The molecule has 1 rings (SSSR count). The van der Waals surface area contributed by atoms with Crippen molar-refractivity contribution in [1.82, 2.24) is 5.32 Å². The van der Waals surface area contributed by atoms with Crippen molar-refractivity contribution in [3.05, 3.63) is 17.7 Å². The van der Waals surface area contributed by atoms with Crippen LogP contribution in [0.3, 0.4) is 0 Å². The first-order valence-corrected chi connectivity index (χ1v) is 5.74. The Kier molecular flexibility index (Phi) is 4.83. The van der Waals surface area contributed by atoms with Crippen LogP contribution in [0.5, 0.6) is 11.5 Å². The van der Waals surface area contributed by atoms with Crippen LogP contribution in [0.15, 0.2) is 12.1 Å². The number of benzene rings is 1. The summed E-state index contributed by atoms with van der Waals surface area (Å²) in [6.45, 7) is 3.75. The molecule has 2 N–H and O–H groups in total. The molecule has 0 saturated heterocycles. The van der Waals surface area contributed by atoms with Crippen LogP contribution in [0.2, 0.25) is 0 Å². The van der Waals surface area contributed by atoms with Gasteiger partial charge in [-0.25, -0.2) is 0 Å². The molecule has 1 aromatic carbocycles. The molecule has 0 aliphatic carbocycles. The Labute approximate surface area is 107 Å². The summed E-state index contributed by atoms with van der Waals surface area (Å²) in [7, 11) is 4.79. The minimum absolute atomic E-state index is 0.0656. The van der Waals surface area contributed by atoms with Crippen LogP contribution in [0.25, 0.3) is 0 Å². The number of carbonyl (C=O) groups is 1. The van der Waals surface area contributed by atoms with Crippen molar-refractivity contribution in [1.29, 1.82) is 0 Å². The second kappa shape index (κ2) is 6.14. The molecule has 1 aromatic rings. The molecule has 0 radical (unpaired) electrons. The van der Waals surface area contributed by atoms with E-state index in [-0.39, 0.29) is 11.9 Å². The van der Waals surface area contributed by atoms with Gasteiger partial charge in [0.15, 0.2) is 11.5 Å². The van der Waals surface area contributed by atoms with E-state index in [1.165, 1.54) is 0 Å². The van der Waals surface area contributed by atoms with Gasteiger partial charge in [0.2, 0.25) is 5.91 Å². The van der Waals surface area contributed by atoms with Crippen molar-refractivity contribution < 1.29 is 14.3 Å². The van der Waals surface area contributed by atoms with E-state index in [1.807, 2.05) is 19.1 Å². The molecule has 1 amide bonds. The van der Waals surface area contributed by atoms with Crippen molar-refractivity contribution in [3.8, 4) is 11.5 Å². The lowest BCUT2D eigenvalue weighted by Gasteiger charge is -2.18. The van der Waals surface area contributed by atoms with E-state index in [0.29, 0.717) is 11.5 Å². The van der Waals surface area contributed by atoms with E-state index in [1.54, 1.807) is 28.2 Å². The second-order valence-electron chi connectivity index (χ2n) is 4.00. The summed E-state index contributed by atoms with van der Waals surface area (Å²) in [4.78, 5) is 11.5. The van der Waals surface area contributed by atoms with Gasteiger partial charge in [-0.2, -0.15) is 0 Å². The van der Waals surface area contributed by atoms with E-state index >= 15 is 0 Å². The van der Waals surface area contributed by atoms with Gasteiger partial charge in [0.05, 0.1) is 14.2 Å². The van der Waals surface area contributed by atoms with Gasteiger partial charge in [0, 0.05) is 18.8 Å². The average molecular weight is 252 g/mol. The molecule has 1 atom stereocenters. The molecule has 0 unspecified atom stereocenters. The van der Waals surface area contributed by atoms with Gasteiger partial charge < -0.3 is 20.1 Å². The maximum atomic E-state index is 11.5. The second-order valence-corrected chi connectivity index (χ2v) is 4.00. The molecule has 5 heteroatoms. The fourth-order valence-corrected chi connectivity index (χ4v) is 1.65. The van der Waals surface area contributed by atoms with Gasteiger partial charge >= 0.3 is 0 Å². The lowest BCUT2D eigenvalue weighted by Crippen LogP contribution is -2.35. The quantitative estimate of drug-likeness (QED) is 0.835. The largest absolute Gasteiger partial charge is 0.493 e. The van der Waals surface area contributed by atoms with Crippen molar-refractivity contribution in [2.24, 2.45) is 0 Å². The standard InChI is InChI=1S/C13H20N2O3/c1-8-6-11(17-4)12(18-5)7-10(8)15-9(2)13(16)14-3/h6-7,9,15H,1-5H3,(H,14,16)/t9-/m1/s1. The molecule has 0 bridgehead atoms. The third-order valence-electron chi connectivity index (χ3n) is 2.74. The number of amides is 1. The Morgan fingerprint density at radius 3 is 2.28 bits per heavy atom. The number of methoxy groups -OCH3 is 2. The summed E-state index contributed by atoms with van der Waals surface area (Å²) < 4.78 is 10.4. The number of hydrogen-bond donors (Lipinski definition) is 2.